The molecule has 1 aromatic heterocycles. The highest BCUT2D eigenvalue weighted by Crippen LogP contribution is 2.25. The van der Waals surface area contributed by atoms with Crippen molar-refractivity contribution >= 4 is 0 Å². The van der Waals surface area contributed by atoms with E-state index in [1.165, 1.54) is 4.80 Å². The summed E-state index contributed by atoms with van der Waals surface area (Å²) in [4.78, 5) is 1.35. The van der Waals surface area contributed by atoms with E-state index in [1.54, 1.807) is 7.11 Å². The van der Waals surface area contributed by atoms with E-state index in [2.05, 4.69) is 15.4 Å². The third-order valence-electron chi connectivity index (χ3n) is 2.10. The maximum Gasteiger partial charge on any atom is 0.208 e. The molecule has 0 radical (unpaired) electrons. The van der Waals surface area contributed by atoms with Crippen LogP contribution in [0.4, 0.5) is 0 Å². The Hall–Kier alpha value is -1.95. The number of tetrazole rings is 1. The largest absolute Gasteiger partial charge is 0.496 e. The smallest absolute Gasteiger partial charge is 0.208 e. The molecule has 0 spiro atoms. The number of para-hydroxylation sites is 1. The van der Waals surface area contributed by atoms with Crippen LogP contribution in [-0.4, -0.2) is 39.0 Å². The monoisotopic (exact) mass is 220 g/mol. The molecule has 0 saturated carbocycles. The van der Waals surface area contributed by atoms with E-state index in [4.69, 9.17) is 9.84 Å². The minimum atomic E-state index is -0.0122. The summed E-state index contributed by atoms with van der Waals surface area (Å²) in [6, 6.07) is 7.45. The van der Waals surface area contributed by atoms with Crippen LogP contribution in [-0.2, 0) is 6.54 Å². The lowest BCUT2D eigenvalue weighted by atomic mass is 10.2. The minimum absolute atomic E-state index is 0.0122. The van der Waals surface area contributed by atoms with Gasteiger partial charge in [-0.25, -0.2) is 0 Å². The predicted molar refractivity (Wildman–Crippen MR) is 56.9 cm³/mol. The first kappa shape index (κ1) is 10.6. The molecule has 0 aliphatic rings. The SMILES string of the molecule is COc1ccccc1-c1nnn(CCO)n1. The molecule has 0 amide bonds. The molecule has 84 valence electrons. The second-order valence-corrected chi connectivity index (χ2v) is 3.13. The van der Waals surface area contributed by atoms with Crippen molar-refractivity contribution in [1.82, 2.24) is 20.2 Å². The third-order valence-corrected chi connectivity index (χ3v) is 2.10. The fourth-order valence-corrected chi connectivity index (χ4v) is 1.36. The van der Waals surface area contributed by atoms with Crippen molar-refractivity contribution < 1.29 is 9.84 Å². The molecule has 2 aromatic rings. The van der Waals surface area contributed by atoms with Gasteiger partial charge in [-0.15, -0.1) is 10.2 Å². The number of hydrogen-bond acceptors (Lipinski definition) is 5. The van der Waals surface area contributed by atoms with Crippen LogP contribution < -0.4 is 4.74 Å². The Morgan fingerprint density at radius 1 is 1.38 bits per heavy atom. The Morgan fingerprint density at radius 2 is 2.19 bits per heavy atom. The molecular formula is C10H12N4O2. The van der Waals surface area contributed by atoms with Crippen molar-refractivity contribution in [2.24, 2.45) is 0 Å². The van der Waals surface area contributed by atoms with Gasteiger partial charge in [0.25, 0.3) is 0 Å². The number of aliphatic hydroxyl groups is 1. The lowest BCUT2D eigenvalue weighted by Gasteiger charge is -2.03. The van der Waals surface area contributed by atoms with Crippen molar-refractivity contribution in [1.29, 1.82) is 0 Å². The van der Waals surface area contributed by atoms with Gasteiger partial charge < -0.3 is 9.84 Å². The number of benzene rings is 1. The molecule has 1 heterocycles. The van der Waals surface area contributed by atoms with Crippen LogP contribution in [0.15, 0.2) is 24.3 Å². The van der Waals surface area contributed by atoms with Crippen LogP contribution in [0.5, 0.6) is 5.75 Å². The average Bonchev–Trinajstić information content (AvgIpc) is 2.78. The Labute approximate surface area is 92.5 Å². The van der Waals surface area contributed by atoms with Crippen molar-refractivity contribution in [3.63, 3.8) is 0 Å². The van der Waals surface area contributed by atoms with Gasteiger partial charge in [0.15, 0.2) is 0 Å². The fourth-order valence-electron chi connectivity index (χ4n) is 1.36. The molecule has 0 atom stereocenters. The summed E-state index contributed by atoms with van der Waals surface area (Å²) >= 11 is 0. The first-order valence-corrected chi connectivity index (χ1v) is 4.87. The van der Waals surface area contributed by atoms with E-state index in [0.29, 0.717) is 18.1 Å². The highest BCUT2D eigenvalue weighted by Gasteiger charge is 2.10. The maximum atomic E-state index is 8.75. The summed E-state index contributed by atoms with van der Waals surface area (Å²) in [6.07, 6.45) is 0. The van der Waals surface area contributed by atoms with E-state index < -0.39 is 0 Å². The number of aromatic nitrogens is 4. The zero-order valence-electron chi connectivity index (χ0n) is 8.87. The number of nitrogens with zero attached hydrogens (tertiary/aromatic N) is 4. The zero-order valence-corrected chi connectivity index (χ0v) is 8.87. The van der Waals surface area contributed by atoms with Gasteiger partial charge in [0.05, 0.1) is 25.8 Å². The zero-order chi connectivity index (χ0) is 11.4. The maximum absolute atomic E-state index is 8.75. The van der Waals surface area contributed by atoms with Crippen molar-refractivity contribution in [2.45, 2.75) is 6.54 Å². The lowest BCUT2D eigenvalue weighted by Crippen LogP contribution is -2.05. The van der Waals surface area contributed by atoms with Crippen LogP contribution in [0.25, 0.3) is 11.4 Å². The van der Waals surface area contributed by atoms with Crippen molar-refractivity contribution in [3.05, 3.63) is 24.3 Å². The van der Waals surface area contributed by atoms with Gasteiger partial charge in [0, 0.05) is 0 Å². The Morgan fingerprint density at radius 3 is 2.94 bits per heavy atom. The summed E-state index contributed by atoms with van der Waals surface area (Å²) in [5.41, 5.74) is 0.786. The Kier molecular flexibility index (Phi) is 3.11. The second kappa shape index (κ2) is 4.71. The molecule has 1 N–H and O–H groups in total. The van der Waals surface area contributed by atoms with Crippen LogP contribution in [0, 0.1) is 0 Å². The van der Waals surface area contributed by atoms with Crippen LogP contribution in [0.1, 0.15) is 0 Å². The van der Waals surface area contributed by atoms with Crippen LogP contribution in [0.2, 0.25) is 0 Å². The fraction of sp³-hybridized carbons (Fsp3) is 0.300. The van der Waals surface area contributed by atoms with Crippen LogP contribution >= 0.6 is 0 Å². The average molecular weight is 220 g/mol. The summed E-state index contributed by atoms with van der Waals surface area (Å²) in [7, 11) is 1.59. The molecule has 2 rings (SSSR count). The van der Waals surface area contributed by atoms with Crippen LogP contribution in [0.3, 0.4) is 0 Å². The number of methoxy groups -OCH3 is 1. The predicted octanol–water partition coefficient (Wildman–Crippen LogP) is 0.341. The Bertz CT molecular complexity index is 469. The molecule has 0 aliphatic heterocycles. The molecule has 0 bridgehead atoms. The molecule has 0 aliphatic carbocycles. The van der Waals surface area contributed by atoms with Crippen molar-refractivity contribution in [3.8, 4) is 17.1 Å². The molecule has 16 heavy (non-hydrogen) atoms. The lowest BCUT2D eigenvalue weighted by molar-refractivity contribution is 0.259. The van der Waals surface area contributed by atoms with Gasteiger partial charge in [0.1, 0.15) is 5.75 Å². The quantitative estimate of drug-likeness (QED) is 0.804. The number of ether oxygens (including phenoxy) is 1. The number of hydrogen-bond donors (Lipinski definition) is 1. The number of rotatable bonds is 4. The van der Waals surface area contributed by atoms with Gasteiger partial charge >= 0.3 is 0 Å². The highest BCUT2D eigenvalue weighted by atomic mass is 16.5. The first-order valence-electron chi connectivity index (χ1n) is 4.87. The summed E-state index contributed by atoms with van der Waals surface area (Å²) in [5, 5.41) is 20.6. The Balaban J connectivity index is 2.34. The summed E-state index contributed by atoms with van der Waals surface area (Å²) in [6.45, 7) is 0.323. The molecular weight excluding hydrogens is 208 g/mol. The molecule has 0 saturated heterocycles. The topological polar surface area (TPSA) is 73.1 Å². The molecule has 0 unspecified atom stereocenters. The third kappa shape index (κ3) is 2.01. The van der Waals surface area contributed by atoms with E-state index in [9.17, 15) is 0 Å². The standard InChI is InChI=1S/C10H12N4O2/c1-16-9-5-3-2-4-8(9)10-11-13-14(12-10)6-7-15/h2-5,15H,6-7H2,1H3. The van der Waals surface area contributed by atoms with Gasteiger partial charge in [0.2, 0.25) is 5.82 Å². The normalized spacial score (nSPS) is 10.4. The van der Waals surface area contributed by atoms with Gasteiger partial charge in [-0.2, -0.15) is 4.80 Å². The first-order chi connectivity index (χ1) is 7.85. The molecule has 1 aromatic carbocycles. The highest BCUT2D eigenvalue weighted by molar-refractivity contribution is 5.63. The molecule has 6 nitrogen and oxygen atoms in total. The van der Waals surface area contributed by atoms with Crippen molar-refractivity contribution in [2.75, 3.05) is 13.7 Å². The van der Waals surface area contributed by atoms with Gasteiger partial charge in [-0.05, 0) is 17.3 Å². The van der Waals surface area contributed by atoms with E-state index >= 15 is 0 Å². The number of aliphatic hydroxyl groups excluding tert-OH is 1. The summed E-state index contributed by atoms with van der Waals surface area (Å²) in [5.74, 6) is 1.19. The molecule has 0 fully saturated rings. The van der Waals surface area contributed by atoms with E-state index in [1.807, 2.05) is 24.3 Å². The second-order valence-electron chi connectivity index (χ2n) is 3.13. The summed E-state index contributed by atoms with van der Waals surface area (Å²) < 4.78 is 5.20. The van der Waals surface area contributed by atoms with E-state index in [-0.39, 0.29) is 6.61 Å². The molecule has 6 heteroatoms. The minimum Gasteiger partial charge on any atom is -0.496 e. The van der Waals surface area contributed by atoms with Gasteiger partial charge in [-0.3, -0.25) is 0 Å². The van der Waals surface area contributed by atoms with E-state index in [0.717, 1.165) is 5.56 Å². The van der Waals surface area contributed by atoms with Gasteiger partial charge in [-0.1, -0.05) is 12.1 Å².